The Morgan fingerprint density at radius 2 is 1.47 bits per heavy atom. The summed E-state index contributed by atoms with van der Waals surface area (Å²) in [5.74, 6) is 1.30. The standard InChI is InChI=1S/C27H26F3N5O2S/c1-19(25-32-24-10-6-5-9-23(24)26(33-25)31-21-7-3-2-4-8-21)34-15-17-35(18-16-34)38(36,37)22-13-11-20(12-14-22)27(28,29)30/h2-14,19H,15-18H2,1H3,(H,31,32,33)/t19-/m0/s1. The fourth-order valence-corrected chi connectivity index (χ4v) is 5.92. The fraction of sp³-hybridized carbons (Fsp3) is 0.259. The predicted molar refractivity (Wildman–Crippen MR) is 139 cm³/mol. The molecule has 7 nitrogen and oxygen atoms in total. The van der Waals surface area contributed by atoms with Crippen LogP contribution in [0, 0.1) is 0 Å². The number of sulfonamides is 1. The number of rotatable bonds is 6. The average molecular weight is 542 g/mol. The smallest absolute Gasteiger partial charge is 0.340 e. The van der Waals surface area contributed by atoms with Gasteiger partial charge in [0.1, 0.15) is 11.6 Å². The van der Waals surface area contributed by atoms with Crippen LogP contribution in [0.3, 0.4) is 0 Å². The van der Waals surface area contributed by atoms with Gasteiger partial charge >= 0.3 is 6.18 Å². The Hall–Kier alpha value is -3.54. The average Bonchev–Trinajstić information content (AvgIpc) is 2.93. The zero-order chi connectivity index (χ0) is 26.9. The molecule has 38 heavy (non-hydrogen) atoms. The van der Waals surface area contributed by atoms with E-state index in [-0.39, 0.29) is 24.0 Å². The number of nitrogens with one attached hydrogen (secondary N) is 1. The lowest BCUT2D eigenvalue weighted by Gasteiger charge is -2.37. The van der Waals surface area contributed by atoms with Crippen LogP contribution >= 0.6 is 0 Å². The minimum atomic E-state index is -4.52. The number of para-hydroxylation sites is 2. The second-order valence-electron chi connectivity index (χ2n) is 9.08. The summed E-state index contributed by atoms with van der Waals surface area (Å²) in [4.78, 5) is 11.6. The zero-order valence-corrected chi connectivity index (χ0v) is 21.4. The van der Waals surface area contributed by atoms with Crippen molar-refractivity contribution in [2.75, 3.05) is 31.5 Å². The normalized spacial score (nSPS) is 16.4. The molecule has 2 heterocycles. The van der Waals surface area contributed by atoms with Gasteiger partial charge in [-0.15, -0.1) is 0 Å². The van der Waals surface area contributed by atoms with Crippen LogP contribution in [0.2, 0.25) is 0 Å². The van der Waals surface area contributed by atoms with E-state index in [1.54, 1.807) is 0 Å². The molecule has 4 aromatic rings. The zero-order valence-electron chi connectivity index (χ0n) is 20.6. The molecule has 11 heteroatoms. The first-order chi connectivity index (χ1) is 18.1. The van der Waals surface area contributed by atoms with Gasteiger partial charge in [0.2, 0.25) is 10.0 Å². The van der Waals surface area contributed by atoms with Gasteiger partial charge in [0, 0.05) is 37.3 Å². The number of nitrogens with zero attached hydrogens (tertiary/aromatic N) is 4. The summed E-state index contributed by atoms with van der Waals surface area (Å²) >= 11 is 0. The molecule has 1 aliphatic rings. The van der Waals surface area contributed by atoms with E-state index in [9.17, 15) is 21.6 Å². The monoisotopic (exact) mass is 541 g/mol. The maximum Gasteiger partial charge on any atom is 0.416 e. The first-order valence-corrected chi connectivity index (χ1v) is 13.6. The fourth-order valence-electron chi connectivity index (χ4n) is 4.49. The highest BCUT2D eigenvalue weighted by Crippen LogP contribution is 2.31. The first-order valence-electron chi connectivity index (χ1n) is 12.1. The van der Waals surface area contributed by atoms with Gasteiger partial charge in [-0.25, -0.2) is 18.4 Å². The number of fused-ring (bicyclic) bond motifs is 1. The lowest BCUT2D eigenvalue weighted by Crippen LogP contribution is -2.49. The van der Waals surface area contributed by atoms with Crippen molar-refractivity contribution >= 4 is 32.4 Å². The van der Waals surface area contributed by atoms with Crippen molar-refractivity contribution in [2.24, 2.45) is 0 Å². The van der Waals surface area contributed by atoms with Gasteiger partial charge in [0.05, 0.1) is 22.0 Å². The van der Waals surface area contributed by atoms with Crippen molar-refractivity contribution in [1.29, 1.82) is 0 Å². The van der Waals surface area contributed by atoms with E-state index in [4.69, 9.17) is 9.97 Å². The van der Waals surface area contributed by atoms with Gasteiger partial charge in [-0.3, -0.25) is 4.90 Å². The first kappa shape index (κ1) is 26.1. The molecule has 3 aromatic carbocycles. The Labute approximate surface area is 219 Å². The minimum Gasteiger partial charge on any atom is -0.340 e. The Morgan fingerprint density at radius 1 is 0.842 bits per heavy atom. The van der Waals surface area contributed by atoms with Gasteiger partial charge < -0.3 is 5.32 Å². The SMILES string of the molecule is C[C@@H](c1nc(Nc2ccccc2)c2ccccc2n1)N1CCN(S(=O)(=O)c2ccc(C(F)(F)F)cc2)CC1. The second kappa shape index (κ2) is 10.3. The predicted octanol–water partition coefficient (Wildman–Crippen LogP) is 5.46. The van der Waals surface area contributed by atoms with Crippen LogP contribution in [0.25, 0.3) is 10.9 Å². The Kier molecular flexibility index (Phi) is 7.08. The quantitative estimate of drug-likeness (QED) is 0.349. The molecule has 0 aliphatic carbocycles. The summed E-state index contributed by atoms with van der Waals surface area (Å²) in [6.07, 6.45) is -4.52. The molecule has 1 N–H and O–H groups in total. The van der Waals surface area contributed by atoms with E-state index in [0.717, 1.165) is 40.9 Å². The Balaban J connectivity index is 1.32. The molecule has 1 aromatic heterocycles. The molecule has 1 aliphatic heterocycles. The molecule has 1 saturated heterocycles. The van der Waals surface area contributed by atoms with Gasteiger partial charge in [-0.1, -0.05) is 30.3 Å². The number of aromatic nitrogens is 2. The second-order valence-corrected chi connectivity index (χ2v) is 11.0. The van der Waals surface area contributed by atoms with Gasteiger partial charge in [-0.05, 0) is 55.5 Å². The summed E-state index contributed by atoms with van der Waals surface area (Å²) in [6, 6.07) is 20.9. The molecule has 0 saturated carbocycles. The molecule has 0 unspecified atom stereocenters. The molecule has 198 valence electrons. The van der Waals surface area contributed by atoms with E-state index in [2.05, 4.69) is 10.2 Å². The summed E-state index contributed by atoms with van der Waals surface area (Å²) in [6.45, 7) is 3.25. The lowest BCUT2D eigenvalue weighted by atomic mass is 10.2. The third-order valence-corrected chi connectivity index (χ3v) is 8.58. The van der Waals surface area contributed by atoms with Crippen LogP contribution in [0.4, 0.5) is 24.7 Å². The van der Waals surface area contributed by atoms with Gasteiger partial charge in [0.25, 0.3) is 0 Å². The minimum absolute atomic E-state index is 0.151. The highest BCUT2D eigenvalue weighted by atomic mass is 32.2. The summed E-state index contributed by atoms with van der Waals surface area (Å²) in [5.41, 5.74) is 0.815. The number of halogens is 3. The lowest BCUT2D eigenvalue weighted by molar-refractivity contribution is -0.137. The molecule has 5 rings (SSSR count). The van der Waals surface area contributed by atoms with Crippen LogP contribution in [-0.4, -0.2) is 53.8 Å². The van der Waals surface area contributed by atoms with Crippen LogP contribution in [0.5, 0.6) is 0 Å². The number of piperazine rings is 1. The summed E-state index contributed by atoms with van der Waals surface area (Å²) in [7, 11) is -3.91. The van der Waals surface area contributed by atoms with Crippen molar-refractivity contribution < 1.29 is 21.6 Å². The van der Waals surface area contributed by atoms with Gasteiger partial charge in [0.15, 0.2) is 0 Å². The number of alkyl halides is 3. The molecule has 0 radical (unpaired) electrons. The van der Waals surface area contributed by atoms with Crippen molar-refractivity contribution in [3.63, 3.8) is 0 Å². The van der Waals surface area contributed by atoms with Crippen LogP contribution in [-0.2, 0) is 16.2 Å². The van der Waals surface area contributed by atoms with E-state index < -0.39 is 21.8 Å². The van der Waals surface area contributed by atoms with E-state index in [1.165, 1.54) is 4.31 Å². The van der Waals surface area contributed by atoms with Crippen LogP contribution < -0.4 is 5.32 Å². The highest BCUT2D eigenvalue weighted by molar-refractivity contribution is 7.89. The summed E-state index contributed by atoms with van der Waals surface area (Å²) < 4.78 is 66.0. The van der Waals surface area contributed by atoms with Crippen molar-refractivity contribution in [3.05, 3.63) is 90.3 Å². The maximum absolute atomic E-state index is 13.1. The topological polar surface area (TPSA) is 78.4 Å². The molecule has 1 atom stereocenters. The van der Waals surface area contributed by atoms with Crippen molar-refractivity contribution in [2.45, 2.75) is 24.0 Å². The number of benzene rings is 3. The third-order valence-electron chi connectivity index (χ3n) is 6.67. The molecular formula is C27H26F3N5O2S. The largest absolute Gasteiger partial charge is 0.416 e. The number of hydrogen-bond donors (Lipinski definition) is 1. The third kappa shape index (κ3) is 5.35. The van der Waals surface area contributed by atoms with E-state index >= 15 is 0 Å². The van der Waals surface area contributed by atoms with Gasteiger partial charge in [-0.2, -0.15) is 17.5 Å². The van der Waals surface area contributed by atoms with Crippen LogP contribution in [0.15, 0.2) is 83.8 Å². The Bertz CT molecular complexity index is 1520. The van der Waals surface area contributed by atoms with E-state index in [1.807, 2.05) is 61.5 Å². The molecule has 0 amide bonds. The highest BCUT2D eigenvalue weighted by Gasteiger charge is 2.33. The molecule has 1 fully saturated rings. The van der Waals surface area contributed by atoms with E-state index in [0.29, 0.717) is 24.7 Å². The van der Waals surface area contributed by atoms with Crippen molar-refractivity contribution in [1.82, 2.24) is 19.2 Å². The number of anilines is 2. The number of hydrogen-bond acceptors (Lipinski definition) is 6. The van der Waals surface area contributed by atoms with Crippen molar-refractivity contribution in [3.8, 4) is 0 Å². The van der Waals surface area contributed by atoms with Crippen LogP contribution in [0.1, 0.15) is 24.4 Å². The Morgan fingerprint density at radius 3 is 2.13 bits per heavy atom. The summed E-state index contributed by atoms with van der Waals surface area (Å²) in [5, 5.41) is 4.26. The maximum atomic E-state index is 13.1. The molecule has 0 spiro atoms. The molecule has 0 bridgehead atoms. The molecular weight excluding hydrogens is 515 g/mol.